The molecule has 0 aliphatic rings. The van der Waals surface area contributed by atoms with Crippen molar-refractivity contribution in [1.29, 1.82) is 0 Å². The van der Waals surface area contributed by atoms with Crippen molar-refractivity contribution < 1.29 is 14.6 Å². The molecule has 0 radical (unpaired) electrons. The van der Waals surface area contributed by atoms with Gasteiger partial charge in [0.2, 0.25) is 5.88 Å². The zero-order chi connectivity index (χ0) is 25.4. The van der Waals surface area contributed by atoms with Gasteiger partial charge in [0.1, 0.15) is 5.75 Å². The largest absolute Gasteiger partial charge is 0.439 e. The minimum Gasteiger partial charge on any atom is -0.439 e. The molecule has 0 unspecified atom stereocenters. The van der Waals surface area contributed by atoms with Gasteiger partial charge in [0.05, 0.1) is 29.7 Å². The Morgan fingerprint density at radius 1 is 0.886 bits per heavy atom. The molecular weight excluding hydrogens is 438 g/mol. The van der Waals surface area contributed by atoms with Gasteiger partial charge in [-0.2, -0.15) is 5.10 Å². The predicted octanol–water partition coefficient (Wildman–Crippen LogP) is 5.77. The summed E-state index contributed by atoms with van der Waals surface area (Å²) in [6.45, 7) is 15.7. The van der Waals surface area contributed by atoms with E-state index < -0.39 is 6.10 Å². The number of ether oxygens (including phenoxy) is 2. The highest BCUT2D eigenvalue weighted by atomic mass is 16.5. The number of nitrogens with zero attached hydrogens (tertiary/aromatic N) is 3. The van der Waals surface area contributed by atoms with Crippen LogP contribution in [-0.4, -0.2) is 52.2 Å². The van der Waals surface area contributed by atoms with Crippen molar-refractivity contribution in [3.05, 3.63) is 71.4 Å². The lowest BCUT2D eigenvalue weighted by molar-refractivity contribution is 0.00511. The molecule has 6 heteroatoms. The van der Waals surface area contributed by atoms with Crippen LogP contribution in [0.25, 0.3) is 5.69 Å². The van der Waals surface area contributed by atoms with Crippen LogP contribution in [0.5, 0.6) is 11.6 Å². The minimum atomic E-state index is -0.557. The van der Waals surface area contributed by atoms with E-state index in [2.05, 4.69) is 39.5 Å². The Hall–Kier alpha value is -2.67. The van der Waals surface area contributed by atoms with Crippen LogP contribution in [0.2, 0.25) is 0 Å². The van der Waals surface area contributed by atoms with Gasteiger partial charge in [-0.15, -0.1) is 0 Å². The van der Waals surface area contributed by atoms with Crippen molar-refractivity contribution in [3.63, 3.8) is 0 Å². The maximum Gasteiger partial charge on any atom is 0.227 e. The fraction of sp³-hybridized carbons (Fsp3) is 0.483. The Balaban J connectivity index is 1.89. The molecule has 1 aromatic heterocycles. The topological polar surface area (TPSA) is 59.8 Å². The average Bonchev–Trinajstić information content (AvgIpc) is 3.10. The molecule has 0 saturated carbocycles. The molecule has 190 valence electrons. The molecule has 1 heterocycles. The van der Waals surface area contributed by atoms with Gasteiger partial charge in [0, 0.05) is 26.2 Å². The fourth-order valence-corrected chi connectivity index (χ4v) is 4.02. The van der Waals surface area contributed by atoms with Gasteiger partial charge in [-0.1, -0.05) is 63.6 Å². The summed E-state index contributed by atoms with van der Waals surface area (Å²) in [5.41, 5.74) is 4.06. The molecule has 2 aromatic carbocycles. The van der Waals surface area contributed by atoms with Crippen molar-refractivity contribution in [2.24, 2.45) is 11.8 Å². The monoisotopic (exact) mass is 479 g/mol. The van der Waals surface area contributed by atoms with Crippen LogP contribution in [-0.2, 0) is 11.3 Å². The molecule has 0 aliphatic heterocycles. The SMILES string of the molecule is Cc1ccc(Oc2c(CN(CC(C)C)C[C@H](O)COCC(C)C)c(C)nn2-c2ccccc2)cc1. The second-order valence-electron chi connectivity index (χ2n) is 10.2. The van der Waals surface area contributed by atoms with Gasteiger partial charge in [0.15, 0.2) is 0 Å². The number of hydrogen-bond acceptors (Lipinski definition) is 5. The van der Waals surface area contributed by atoms with Crippen molar-refractivity contribution in [3.8, 4) is 17.3 Å². The van der Waals surface area contributed by atoms with Gasteiger partial charge in [0.25, 0.3) is 0 Å². The lowest BCUT2D eigenvalue weighted by Gasteiger charge is -2.27. The molecule has 0 spiro atoms. The highest BCUT2D eigenvalue weighted by molar-refractivity contribution is 5.43. The molecule has 1 atom stereocenters. The first-order valence-electron chi connectivity index (χ1n) is 12.6. The zero-order valence-corrected chi connectivity index (χ0v) is 22.1. The van der Waals surface area contributed by atoms with E-state index in [9.17, 15) is 5.11 Å². The van der Waals surface area contributed by atoms with E-state index in [1.54, 1.807) is 0 Å². The Bertz CT molecular complexity index is 1030. The number of benzene rings is 2. The molecule has 1 N–H and O–H groups in total. The first kappa shape index (κ1) is 26.9. The van der Waals surface area contributed by atoms with E-state index in [0.29, 0.717) is 44.0 Å². The molecule has 0 aliphatic carbocycles. The van der Waals surface area contributed by atoms with Crippen molar-refractivity contribution in [1.82, 2.24) is 14.7 Å². The van der Waals surface area contributed by atoms with Crippen LogP contribution in [0, 0.1) is 25.7 Å². The number of aromatic nitrogens is 2. The third-order valence-corrected chi connectivity index (χ3v) is 5.61. The smallest absolute Gasteiger partial charge is 0.227 e. The van der Waals surface area contributed by atoms with Crippen LogP contribution >= 0.6 is 0 Å². The molecule has 0 fully saturated rings. The highest BCUT2D eigenvalue weighted by Crippen LogP contribution is 2.32. The zero-order valence-electron chi connectivity index (χ0n) is 22.1. The van der Waals surface area contributed by atoms with Crippen molar-refractivity contribution in [2.75, 3.05) is 26.3 Å². The normalized spacial score (nSPS) is 12.6. The second-order valence-corrected chi connectivity index (χ2v) is 10.2. The summed E-state index contributed by atoms with van der Waals surface area (Å²) < 4.78 is 14.0. The number of aliphatic hydroxyl groups is 1. The van der Waals surface area contributed by atoms with Gasteiger partial charge < -0.3 is 14.6 Å². The van der Waals surface area contributed by atoms with Crippen LogP contribution < -0.4 is 4.74 Å². The van der Waals surface area contributed by atoms with Gasteiger partial charge in [-0.3, -0.25) is 4.90 Å². The molecular formula is C29H41N3O3. The maximum absolute atomic E-state index is 10.7. The highest BCUT2D eigenvalue weighted by Gasteiger charge is 2.23. The first-order valence-corrected chi connectivity index (χ1v) is 12.6. The summed E-state index contributed by atoms with van der Waals surface area (Å²) in [4.78, 5) is 2.27. The third kappa shape index (κ3) is 8.20. The van der Waals surface area contributed by atoms with E-state index in [0.717, 1.165) is 29.2 Å². The van der Waals surface area contributed by atoms with E-state index in [1.165, 1.54) is 5.56 Å². The van der Waals surface area contributed by atoms with Crippen molar-refractivity contribution in [2.45, 2.75) is 54.2 Å². The predicted molar refractivity (Wildman–Crippen MR) is 141 cm³/mol. The first-order chi connectivity index (χ1) is 16.7. The standard InChI is InChI=1S/C29H41N3O3/c1-21(2)16-31(17-26(33)20-34-19-22(3)4)18-28-24(6)30-32(25-10-8-7-9-11-25)29(28)35-27-14-12-23(5)13-15-27/h7-15,21-22,26,33H,16-20H2,1-6H3/t26-/m0/s1. The summed E-state index contributed by atoms with van der Waals surface area (Å²) in [5, 5.41) is 15.5. The Labute approximate surface area is 210 Å². The number of aliphatic hydroxyl groups excluding tert-OH is 1. The van der Waals surface area contributed by atoms with Gasteiger partial charge in [-0.05, 0) is 49.9 Å². The van der Waals surface area contributed by atoms with E-state index in [-0.39, 0.29) is 0 Å². The molecule has 0 saturated heterocycles. The van der Waals surface area contributed by atoms with E-state index in [1.807, 2.05) is 66.2 Å². The molecule has 0 amide bonds. The Kier molecular flexibility index (Phi) is 9.90. The third-order valence-electron chi connectivity index (χ3n) is 5.61. The van der Waals surface area contributed by atoms with Crippen LogP contribution in [0.1, 0.15) is 44.5 Å². The second kappa shape index (κ2) is 12.9. The van der Waals surface area contributed by atoms with Crippen molar-refractivity contribution >= 4 is 0 Å². The van der Waals surface area contributed by atoms with Crippen LogP contribution in [0.4, 0.5) is 0 Å². The molecule has 6 nitrogen and oxygen atoms in total. The number of para-hydroxylation sites is 1. The summed E-state index contributed by atoms with van der Waals surface area (Å²) in [6.07, 6.45) is -0.557. The number of rotatable bonds is 13. The summed E-state index contributed by atoms with van der Waals surface area (Å²) >= 11 is 0. The lowest BCUT2D eigenvalue weighted by Crippen LogP contribution is -2.37. The van der Waals surface area contributed by atoms with Crippen LogP contribution in [0.3, 0.4) is 0 Å². The number of hydrogen-bond donors (Lipinski definition) is 1. The van der Waals surface area contributed by atoms with E-state index in [4.69, 9.17) is 14.6 Å². The number of aryl methyl sites for hydroxylation is 2. The quantitative estimate of drug-likeness (QED) is 0.337. The van der Waals surface area contributed by atoms with Crippen LogP contribution in [0.15, 0.2) is 54.6 Å². The maximum atomic E-state index is 10.7. The molecule has 3 rings (SSSR count). The molecule has 3 aromatic rings. The van der Waals surface area contributed by atoms with E-state index >= 15 is 0 Å². The Morgan fingerprint density at radius 2 is 1.57 bits per heavy atom. The van der Waals surface area contributed by atoms with Gasteiger partial charge >= 0.3 is 0 Å². The summed E-state index contributed by atoms with van der Waals surface area (Å²) in [7, 11) is 0. The molecule has 0 bridgehead atoms. The summed E-state index contributed by atoms with van der Waals surface area (Å²) in [6, 6.07) is 18.1. The Morgan fingerprint density at radius 3 is 2.20 bits per heavy atom. The minimum absolute atomic E-state index is 0.335. The molecule has 35 heavy (non-hydrogen) atoms. The summed E-state index contributed by atoms with van der Waals surface area (Å²) in [5.74, 6) is 2.37. The van der Waals surface area contributed by atoms with Gasteiger partial charge in [-0.25, -0.2) is 4.68 Å². The lowest BCUT2D eigenvalue weighted by atomic mass is 10.1. The average molecular weight is 480 g/mol. The fourth-order valence-electron chi connectivity index (χ4n) is 4.02.